The van der Waals surface area contributed by atoms with Crippen LogP contribution in [0.2, 0.25) is 0 Å². The van der Waals surface area contributed by atoms with E-state index in [-0.39, 0.29) is 28.7 Å². The van der Waals surface area contributed by atoms with Crippen LogP contribution in [-0.4, -0.2) is 45.8 Å². The zero-order valence-corrected chi connectivity index (χ0v) is 14.5. The van der Waals surface area contributed by atoms with E-state index in [2.05, 4.69) is 10.4 Å². The van der Waals surface area contributed by atoms with E-state index in [0.29, 0.717) is 12.5 Å². The van der Waals surface area contributed by atoms with E-state index in [4.69, 9.17) is 0 Å². The van der Waals surface area contributed by atoms with Gasteiger partial charge in [-0.25, -0.2) is 4.68 Å². The molecule has 2 heterocycles. The molecule has 6 nitrogen and oxygen atoms in total. The van der Waals surface area contributed by atoms with Crippen molar-refractivity contribution in [2.24, 2.45) is 5.92 Å². The number of nitrogens with zero attached hydrogens (tertiary/aromatic N) is 2. The second-order valence-corrected chi connectivity index (χ2v) is 7.24. The first kappa shape index (κ1) is 18.1. The van der Waals surface area contributed by atoms with Crippen molar-refractivity contribution in [3.63, 3.8) is 0 Å². The van der Waals surface area contributed by atoms with E-state index < -0.39 is 24.5 Å². The number of halogens is 3. The van der Waals surface area contributed by atoms with Gasteiger partial charge in [-0.15, -0.1) is 0 Å². The number of alkyl halides is 3. The third-order valence-corrected chi connectivity index (χ3v) is 4.88. The summed E-state index contributed by atoms with van der Waals surface area (Å²) in [6, 6.07) is -1.95. The predicted octanol–water partition coefficient (Wildman–Crippen LogP) is 2.20. The molecule has 1 aromatic heterocycles. The zero-order valence-electron chi connectivity index (χ0n) is 13.7. The highest BCUT2D eigenvalue weighted by molar-refractivity contribution is 7.99. The lowest BCUT2D eigenvalue weighted by Gasteiger charge is -2.25. The normalized spacial score (nSPS) is 20.2. The average molecular weight is 376 g/mol. The molecule has 1 aromatic rings. The molecule has 25 heavy (non-hydrogen) atoms. The lowest BCUT2D eigenvalue weighted by atomic mass is 10.0. The van der Waals surface area contributed by atoms with Crippen LogP contribution in [0.15, 0.2) is 0 Å². The molecule has 1 fully saturated rings. The van der Waals surface area contributed by atoms with E-state index in [1.807, 2.05) is 5.32 Å². The summed E-state index contributed by atoms with van der Waals surface area (Å²) in [6.07, 6.45) is -0.103. The SMILES string of the molecule is CSCC(=O)Nc1c2c(nn1CCC1CC1)CC(C(F)(F)F)NC2=O. The number of hydrogen-bond donors (Lipinski definition) is 2. The van der Waals surface area contributed by atoms with Crippen LogP contribution in [0.4, 0.5) is 19.0 Å². The Balaban J connectivity index is 1.90. The number of nitrogens with one attached hydrogen (secondary N) is 2. The Kier molecular flexibility index (Phi) is 4.99. The van der Waals surface area contributed by atoms with Gasteiger partial charge in [0.25, 0.3) is 5.91 Å². The van der Waals surface area contributed by atoms with Crippen molar-refractivity contribution in [1.29, 1.82) is 0 Å². The van der Waals surface area contributed by atoms with Crippen molar-refractivity contribution in [3.05, 3.63) is 11.3 Å². The molecule has 10 heteroatoms. The quantitative estimate of drug-likeness (QED) is 0.798. The van der Waals surface area contributed by atoms with E-state index in [0.717, 1.165) is 19.3 Å². The first-order chi connectivity index (χ1) is 11.8. The summed E-state index contributed by atoms with van der Waals surface area (Å²) in [5.41, 5.74) is 0.132. The first-order valence-corrected chi connectivity index (χ1v) is 9.45. The van der Waals surface area contributed by atoms with Gasteiger partial charge < -0.3 is 10.6 Å². The second kappa shape index (κ2) is 6.89. The van der Waals surface area contributed by atoms with Crippen LogP contribution in [-0.2, 0) is 17.8 Å². The highest BCUT2D eigenvalue weighted by atomic mass is 32.2. The maximum Gasteiger partial charge on any atom is 0.409 e. The van der Waals surface area contributed by atoms with Crippen molar-refractivity contribution in [1.82, 2.24) is 15.1 Å². The largest absolute Gasteiger partial charge is 0.409 e. The Morgan fingerprint density at radius 2 is 2.16 bits per heavy atom. The standard InChI is InChI=1S/C15H19F3N4O2S/c1-25-7-11(23)20-13-12-9(21-22(13)5-4-8-2-3-8)6-10(15(16,17)18)19-14(12)24/h8,10H,2-7H2,1H3,(H,19,24)(H,20,23). The molecule has 1 atom stereocenters. The molecule has 2 N–H and O–H groups in total. The van der Waals surface area contributed by atoms with Gasteiger partial charge in [0.15, 0.2) is 0 Å². The van der Waals surface area contributed by atoms with Gasteiger partial charge in [0.05, 0.1) is 11.4 Å². The monoisotopic (exact) mass is 376 g/mol. The third kappa shape index (κ3) is 4.10. The summed E-state index contributed by atoms with van der Waals surface area (Å²) in [5, 5.41) is 8.83. The Morgan fingerprint density at radius 1 is 1.44 bits per heavy atom. The number of amides is 2. The van der Waals surface area contributed by atoms with Gasteiger partial charge in [-0.05, 0) is 18.6 Å². The smallest absolute Gasteiger partial charge is 0.340 e. The van der Waals surface area contributed by atoms with Crippen LogP contribution < -0.4 is 10.6 Å². The molecule has 3 rings (SSSR count). The van der Waals surface area contributed by atoms with Crippen LogP contribution in [0.3, 0.4) is 0 Å². The fourth-order valence-corrected chi connectivity index (χ4v) is 3.20. The summed E-state index contributed by atoms with van der Waals surface area (Å²) in [6.45, 7) is 0.469. The van der Waals surface area contributed by atoms with E-state index in [1.165, 1.54) is 16.4 Å². The average Bonchev–Trinajstić information content (AvgIpc) is 3.27. The molecular formula is C15H19F3N4O2S. The molecule has 0 aromatic carbocycles. The number of rotatable bonds is 6. The number of fused-ring (bicyclic) bond motifs is 1. The van der Waals surface area contributed by atoms with Crippen LogP contribution in [0.5, 0.6) is 0 Å². The van der Waals surface area contributed by atoms with Gasteiger partial charge in [-0.3, -0.25) is 9.59 Å². The zero-order chi connectivity index (χ0) is 18.2. The highest BCUT2D eigenvalue weighted by Crippen LogP contribution is 2.35. The maximum absolute atomic E-state index is 13.0. The van der Waals surface area contributed by atoms with E-state index in [9.17, 15) is 22.8 Å². The van der Waals surface area contributed by atoms with Crippen LogP contribution in [0, 0.1) is 5.92 Å². The van der Waals surface area contributed by atoms with Gasteiger partial charge in [-0.2, -0.15) is 30.0 Å². The van der Waals surface area contributed by atoms with Crippen molar-refractivity contribution < 1.29 is 22.8 Å². The topological polar surface area (TPSA) is 76.0 Å². The molecule has 0 spiro atoms. The Labute approximate surface area is 146 Å². The van der Waals surface area contributed by atoms with Gasteiger partial charge in [-0.1, -0.05) is 12.8 Å². The number of thioether (sulfide) groups is 1. The molecule has 1 aliphatic heterocycles. The number of aryl methyl sites for hydroxylation is 1. The van der Waals surface area contributed by atoms with Crippen molar-refractivity contribution in [2.45, 2.75) is 44.4 Å². The molecule has 1 aliphatic carbocycles. The molecule has 0 saturated heterocycles. The van der Waals surface area contributed by atoms with E-state index in [1.54, 1.807) is 6.26 Å². The molecule has 1 saturated carbocycles. The van der Waals surface area contributed by atoms with E-state index >= 15 is 0 Å². The molecule has 0 radical (unpaired) electrons. The lowest BCUT2D eigenvalue weighted by molar-refractivity contribution is -0.154. The number of carbonyl (C=O) groups excluding carboxylic acids is 2. The fourth-order valence-electron chi connectivity index (χ4n) is 2.86. The second-order valence-electron chi connectivity index (χ2n) is 6.38. The Morgan fingerprint density at radius 3 is 2.76 bits per heavy atom. The summed E-state index contributed by atoms with van der Waals surface area (Å²) in [5.74, 6) is -0.176. The minimum atomic E-state index is -4.53. The predicted molar refractivity (Wildman–Crippen MR) is 87.6 cm³/mol. The summed E-state index contributed by atoms with van der Waals surface area (Å²) in [7, 11) is 0. The molecular weight excluding hydrogens is 357 g/mol. The van der Waals surface area contributed by atoms with Gasteiger partial charge in [0.1, 0.15) is 17.4 Å². The third-order valence-electron chi connectivity index (χ3n) is 4.33. The summed E-state index contributed by atoms with van der Waals surface area (Å²) >= 11 is 1.32. The highest BCUT2D eigenvalue weighted by Gasteiger charge is 2.46. The Hall–Kier alpha value is -1.71. The van der Waals surface area contributed by atoms with Crippen molar-refractivity contribution in [3.8, 4) is 0 Å². The number of aromatic nitrogens is 2. The van der Waals surface area contributed by atoms with Crippen LogP contribution in [0.25, 0.3) is 0 Å². The van der Waals surface area contributed by atoms with Crippen LogP contribution >= 0.6 is 11.8 Å². The molecule has 2 aliphatic rings. The number of anilines is 1. The van der Waals surface area contributed by atoms with Gasteiger partial charge in [0, 0.05) is 13.0 Å². The minimum absolute atomic E-state index is 0.0470. The van der Waals surface area contributed by atoms with Gasteiger partial charge in [0.2, 0.25) is 5.91 Å². The van der Waals surface area contributed by atoms with Crippen molar-refractivity contribution >= 4 is 29.4 Å². The summed E-state index contributed by atoms with van der Waals surface area (Å²) < 4.78 is 40.4. The molecule has 138 valence electrons. The number of carbonyl (C=O) groups is 2. The summed E-state index contributed by atoms with van der Waals surface area (Å²) in [4.78, 5) is 24.2. The maximum atomic E-state index is 13.0. The molecule has 0 bridgehead atoms. The number of hydrogen-bond acceptors (Lipinski definition) is 4. The first-order valence-electron chi connectivity index (χ1n) is 8.05. The Bertz CT molecular complexity index is 685. The molecule has 2 amide bonds. The van der Waals surface area contributed by atoms with Crippen molar-refractivity contribution in [2.75, 3.05) is 17.3 Å². The minimum Gasteiger partial charge on any atom is -0.340 e. The lowest BCUT2D eigenvalue weighted by Crippen LogP contribution is -2.50. The van der Waals surface area contributed by atoms with Crippen LogP contribution in [0.1, 0.15) is 35.3 Å². The molecule has 1 unspecified atom stereocenters. The fraction of sp³-hybridized carbons (Fsp3) is 0.667. The van der Waals surface area contributed by atoms with Gasteiger partial charge >= 0.3 is 6.18 Å².